The van der Waals surface area contributed by atoms with Gasteiger partial charge in [0.1, 0.15) is 0 Å². The molecule has 2 heterocycles. The summed E-state index contributed by atoms with van der Waals surface area (Å²) in [5, 5.41) is 0. The van der Waals surface area contributed by atoms with Crippen molar-refractivity contribution in [2.24, 2.45) is 5.84 Å². The highest BCUT2D eigenvalue weighted by atomic mass is 16.2. The zero-order chi connectivity index (χ0) is 14.1. The number of carbonyl (C=O) groups excluding carboxylic acids is 1. The van der Waals surface area contributed by atoms with Crippen molar-refractivity contribution in [1.29, 1.82) is 0 Å². The minimum atomic E-state index is -0.388. The van der Waals surface area contributed by atoms with Crippen molar-refractivity contribution in [2.75, 3.05) is 0 Å². The second kappa shape index (κ2) is 4.93. The Labute approximate surface area is 115 Å². The Balaban J connectivity index is 1.77. The van der Waals surface area contributed by atoms with E-state index in [1.165, 1.54) is 6.20 Å². The van der Waals surface area contributed by atoms with Crippen LogP contribution in [-0.4, -0.2) is 20.0 Å². The van der Waals surface area contributed by atoms with Gasteiger partial charge in [0.05, 0.1) is 17.8 Å². The molecule has 20 heavy (non-hydrogen) atoms. The highest BCUT2D eigenvalue weighted by Gasteiger charge is 2.25. The van der Waals surface area contributed by atoms with E-state index in [1.54, 1.807) is 27.5 Å². The fraction of sp³-hybridized carbons (Fsp3) is 0.308. The van der Waals surface area contributed by atoms with Gasteiger partial charge in [-0.1, -0.05) is 0 Å². The van der Waals surface area contributed by atoms with E-state index in [4.69, 9.17) is 5.84 Å². The molecule has 0 aromatic carbocycles. The molecule has 3 N–H and O–H groups in total. The first-order valence-corrected chi connectivity index (χ1v) is 6.42. The van der Waals surface area contributed by atoms with Gasteiger partial charge >= 0.3 is 5.69 Å². The molecule has 7 heteroatoms. The minimum Gasteiger partial charge on any atom is -0.296 e. The molecule has 1 saturated carbocycles. The summed E-state index contributed by atoms with van der Waals surface area (Å²) in [5.41, 5.74) is 3.13. The first-order chi connectivity index (χ1) is 9.69. The number of hydrogen-bond donors (Lipinski definition) is 2. The second-order valence-electron chi connectivity index (χ2n) is 4.86. The molecule has 0 unspecified atom stereocenters. The lowest BCUT2D eigenvalue weighted by molar-refractivity contribution is 0.0953. The van der Waals surface area contributed by atoms with Gasteiger partial charge in [0.25, 0.3) is 5.91 Å². The third-order valence-electron chi connectivity index (χ3n) is 3.36. The smallest absolute Gasteiger partial charge is 0.296 e. The Hall–Kier alpha value is -2.41. The first-order valence-electron chi connectivity index (χ1n) is 6.42. The number of nitrogens with one attached hydrogen (secondary N) is 1. The Morgan fingerprint density at radius 3 is 2.80 bits per heavy atom. The maximum absolute atomic E-state index is 12.1. The molecule has 2 aromatic rings. The zero-order valence-electron chi connectivity index (χ0n) is 10.8. The molecule has 0 aliphatic heterocycles. The van der Waals surface area contributed by atoms with Crippen LogP contribution in [0.2, 0.25) is 0 Å². The van der Waals surface area contributed by atoms with Crippen LogP contribution in [0.5, 0.6) is 0 Å². The molecule has 0 saturated heterocycles. The van der Waals surface area contributed by atoms with Crippen LogP contribution in [0, 0.1) is 0 Å². The van der Waals surface area contributed by atoms with E-state index in [1.807, 2.05) is 11.6 Å². The lowest BCUT2D eigenvalue weighted by Gasteiger charge is -2.03. The fourth-order valence-corrected chi connectivity index (χ4v) is 2.09. The molecule has 0 atom stereocenters. The molecule has 2 aromatic heterocycles. The molecule has 1 fully saturated rings. The molecular formula is C13H15N5O2. The van der Waals surface area contributed by atoms with E-state index >= 15 is 0 Å². The van der Waals surface area contributed by atoms with Gasteiger partial charge < -0.3 is 0 Å². The van der Waals surface area contributed by atoms with Crippen LogP contribution in [0.15, 0.2) is 35.5 Å². The Kier molecular flexibility index (Phi) is 3.11. The highest BCUT2D eigenvalue weighted by Crippen LogP contribution is 2.33. The number of imidazole rings is 1. The van der Waals surface area contributed by atoms with Crippen molar-refractivity contribution >= 4 is 5.91 Å². The van der Waals surface area contributed by atoms with Crippen molar-refractivity contribution in [2.45, 2.75) is 25.4 Å². The van der Waals surface area contributed by atoms with Gasteiger partial charge in [-0.25, -0.2) is 10.6 Å². The quantitative estimate of drug-likeness (QED) is 0.467. The van der Waals surface area contributed by atoms with Crippen LogP contribution in [0.3, 0.4) is 0 Å². The summed E-state index contributed by atoms with van der Waals surface area (Å²) in [6, 6.07) is 3.71. The number of amides is 1. The average molecular weight is 273 g/mol. The minimum absolute atomic E-state index is 0.0157. The van der Waals surface area contributed by atoms with Gasteiger partial charge in [-0.05, 0) is 25.0 Å². The molecule has 3 rings (SSSR count). The third-order valence-corrected chi connectivity index (χ3v) is 3.36. The molecule has 0 radical (unpaired) electrons. The SMILES string of the molecule is NNC(=O)c1ccc(Cn2ccn(C3CC3)c2=O)nc1. The second-order valence-corrected chi connectivity index (χ2v) is 4.86. The van der Waals surface area contributed by atoms with Gasteiger partial charge in [0.2, 0.25) is 0 Å². The molecule has 104 valence electrons. The Morgan fingerprint density at radius 1 is 1.40 bits per heavy atom. The van der Waals surface area contributed by atoms with E-state index in [9.17, 15) is 9.59 Å². The Bertz CT molecular complexity index is 682. The van der Waals surface area contributed by atoms with Crippen LogP contribution in [0.1, 0.15) is 34.9 Å². The molecule has 1 aliphatic rings. The van der Waals surface area contributed by atoms with Crippen molar-refractivity contribution in [3.05, 3.63) is 52.5 Å². The topological polar surface area (TPSA) is 94.9 Å². The van der Waals surface area contributed by atoms with Gasteiger partial charge in [-0.2, -0.15) is 0 Å². The number of nitrogens with zero attached hydrogens (tertiary/aromatic N) is 3. The normalized spacial score (nSPS) is 14.2. The van der Waals surface area contributed by atoms with Crippen LogP contribution in [0.4, 0.5) is 0 Å². The third kappa shape index (κ3) is 2.35. The van der Waals surface area contributed by atoms with E-state index in [0.717, 1.165) is 12.8 Å². The summed E-state index contributed by atoms with van der Waals surface area (Å²) in [6.07, 6.45) is 7.18. The summed E-state index contributed by atoms with van der Waals surface area (Å²) in [4.78, 5) is 27.5. The number of carbonyl (C=O) groups is 1. The van der Waals surface area contributed by atoms with Crippen molar-refractivity contribution in [3.63, 3.8) is 0 Å². The molecule has 7 nitrogen and oxygen atoms in total. The summed E-state index contributed by atoms with van der Waals surface area (Å²) in [7, 11) is 0. The number of aromatic nitrogens is 3. The largest absolute Gasteiger partial charge is 0.328 e. The summed E-state index contributed by atoms with van der Waals surface area (Å²) in [5.74, 6) is 4.66. The van der Waals surface area contributed by atoms with Gasteiger partial charge in [0.15, 0.2) is 0 Å². The summed E-state index contributed by atoms with van der Waals surface area (Å²) in [6.45, 7) is 0.392. The predicted molar refractivity (Wildman–Crippen MR) is 72.0 cm³/mol. The van der Waals surface area contributed by atoms with Crippen LogP contribution in [-0.2, 0) is 6.54 Å². The number of pyridine rings is 1. The van der Waals surface area contributed by atoms with E-state index in [0.29, 0.717) is 23.8 Å². The van der Waals surface area contributed by atoms with Crippen molar-refractivity contribution in [3.8, 4) is 0 Å². The summed E-state index contributed by atoms with van der Waals surface area (Å²) < 4.78 is 3.37. The van der Waals surface area contributed by atoms with Crippen LogP contribution >= 0.6 is 0 Å². The van der Waals surface area contributed by atoms with Crippen LogP contribution in [0.25, 0.3) is 0 Å². The van der Waals surface area contributed by atoms with E-state index in [2.05, 4.69) is 4.98 Å². The maximum Gasteiger partial charge on any atom is 0.328 e. The molecule has 1 aliphatic carbocycles. The molecule has 1 amide bonds. The van der Waals surface area contributed by atoms with Crippen LogP contribution < -0.4 is 17.0 Å². The van der Waals surface area contributed by atoms with Gasteiger partial charge in [-0.15, -0.1) is 0 Å². The maximum atomic E-state index is 12.1. The number of hydrogen-bond acceptors (Lipinski definition) is 4. The fourth-order valence-electron chi connectivity index (χ4n) is 2.09. The molecule has 0 bridgehead atoms. The number of rotatable bonds is 4. The summed E-state index contributed by atoms with van der Waals surface area (Å²) >= 11 is 0. The average Bonchev–Trinajstić information content (AvgIpc) is 3.25. The standard InChI is InChI=1S/C13H15N5O2/c14-16-12(19)9-1-2-10(15-7-9)8-17-5-6-18(13(17)20)11-3-4-11/h1-2,5-7,11H,3-4,8,14H2,(H,16,19). The molecular weight excluding hydrogens is 258 g/mol. The lowest BCUT2D eigenvalue weighted by atomic mass is 10.2. The van der Waals surface area contributed by atoms with Gasteiger partial charge in [-0.3, -0.25) is 24.3 Å². The Morgan fingerprint density at radius 2 is 2.20 bits per heavy atom. The first kappa shape index (κ1) is 12.6. The van der Waals surface area contributed by atoms with Crippen molar-refractivity contribution in [1.82, 2.24) is 19.5 Å². The van der Waals surface area contributed by atoms with E-state index in [-0.39, 0.29) is 11.6 Å². The lowest BCUT2D eigenvalue weighted by Crippen LogP contribution is -2.30. The zero-order valence-corrected chi connectivity index (χ0v) is 10.8. The monoisotopic (exact) mass is 273 g/mol. The number of hydrazine groups is 1. The number of nitrogen functional groups attached to an aromatic ring is 1. The number of nitrogens with two attached hydrogens (primary N) is 1. The van der Waals surface area contributed by atoms with Gasteiger partial charge in [0, 0.05) is 24.6 Å². The predicted octanol–water partition coefficient (Wildman–Crippen LogP) is 0.0315. The molecule has 0 spiro atoms. The van der Waals surface area contributed by atoms with Crippen molar-refractivity contribution < 1.29 is 4.79 Å². The van der Waals surface area contributed by atoms with E-state index < -0.39 is 0 Å². The highest BCUT2D eigenvalue weighted by molar-refractivity contribution is 5.93.